The van der Waals surface area contributed by atoms with E-state index in [1.165, 1.54) is 22.3 Å². The topological polar surface area (TPSA) is 49.9 Å². The van der Waals surface area contributed by atoms with Gasteiger partial charge in [0, 0.05) is 31.7 Å². The van der Waals surface area contributed by atoms with Crippen molar-refractivity contribution in [3.63, 3.8) is 0 Å². The lowest BCUT2D eigenvalue weighted by Crippen LogP contribution is -2.38. The lowest BCUT2D eigenvalue weighted by atomic mass is 9.89. The number of amides is 2. The Balaban J connectivity index is 1.88. The number of nitrogens with zero attached hydrogens (tertiary/aromatic N) is 2. The summed E-state index contributed by atoms with van der Waals surface area (Å²) in [4.78, 5) is 28.7. The number of hydrogen-bond acceptors (Lipinski definition) is 3. The molecule has 0 bridgehead atoms. The van der Waals surface area contributed by atoms with Gasteiger partial charge in [0.1, 0.15) is 5.60 Å². The van der Waals surface area contributed by atoms with E-state index in [-0.39, 0.29) is 12.0 Å². The van der Waals surface area contributed by atoms with Crippen LogP contribution in [0.4, 0.5) is 10.5 Å². The highest BCUT2D eigenvalue weighted by molar-refractivity contribution is 5.95. The van der Waals surface area contributed by atoms with E-state index >= 15 is 0 Å². The standard InChI is InChI=1S/C22H32N2O3/c1-6-19(25)24-11-7-8-17-14-16-9-12-23(21(26)27-22(3,4)5)13-10-18(16)15(2)20(17)24/h14H,6-13H2,1-5H3. The van der Waals surface area contributed by atoms with E-state index in [4.69, 9.17) is 4.74 Å². The van der Waals surface area contributed by atoms with Gasteiger partial charge in [0.05, 0.1) is 0 Å². The summed E-state index contributed by atoms with van der Waals surface area (Å²) in [6.07, 6.45) is 3.98. The molecule has 0 aromatic heterocycles. The molecule has 0 N–H and O–H groups in total. The quantitative estimate of drug-likeness (QED) is 0.748. The predicted octanol–water partition coefficient (Wildman–Crippen LogP) is 4.02. The number of carbonyl (C=O) groups excluding carboxylic acids is 2. The zero-order valence-electron chi connectivity index (χ0n) is 17.4. The molecule has 0 saturated carbocycles. The average molecular weight is 373 g/mol. The van der Waals surface area contributed by atoms with E-state index in [1.807, 2.05) is 37.5 Å². The van der Waals surface area contributed by atoms with E-state index in [1.54, 1.807) is 0 Å². The molecule has 27 heavy (non-hydrogen) atoms. The molecule has 1 aromatic rings. The van der Waals surface area contributed by atoms with Gasteiger partial charge in [-0.25, -0.2) is 4.79 Å². The van der Waals surface area contributed by atoms with Crippen molar-refractivity contribution in [2.75, 3.05) is 24.5 Å². The molecule has 2 amide bonds. The van der Waals surface area contributed by atoms with Crippen molar-refractivity contribution in [3.05, 3.63) is 28.3 Å². The minimum atomic E-state index is -0.480. The summed E-state index contributed by atoms with van der Waals surface area (Å²) in [7, 11) is 0. The van der Waals surface area contributed by atoms with Gasteiger partial charge in [0.15, 0.2) is 0 Å². The van der Waals surface area contributed by atoms with Crippen LogP contribution in [0.2, 0.25) is 0 Å². The van der Waals surface area contributed by atoms with Crippen LogP contribution in [0.15, 0.2) is 6.07 Å². The highest BCUT2D eigenvalue weighted by Crippen LogP contribution is 2.36. The molecule has 1 aromatic carbocycles. The van der Waals surface area contributed by atoms with Crippen LogP contribution in [0.5, 0.6) is 0 Å². The summed E-state index contributed by atoms with van der Waals surface area (Å²) in [6.45, 7) is 11.9. The second-order valence-corrected chi connectivity index (χ2v) is 8.62. The number of carbonyl (C=O) groups is 2. The van der Waals surface area contributed by atoms with Crippen molar-refractivity contribution >= 4 is 17.7 Å². The SMILES string of the molecule is CCC(=O)N1CCCc2cc3c(c(C)c21)CCN(C(=O)OC(C)(C)C)CC3. The molecule has 2 aliphatic rings. The fourth-order valence-electron chi connectivity index (χ4n) is 4.23. The predicted molar refractivity (Wildman–Crippen MR) is 107 cm³/mol. The Morgan fingerprint density at radius 2 is 1.78 bits per heavy atom. The van der Waals surface area contributed by atoms with Crippen LogP contribution in [0.3, 0.4) is 0 Å². The van der Waals surface area contributed by atoms with Gasteiger partial charge in [-0.2, -0.15) is 0 Å². The van der Waals surface area contributed by atoms with Crippen molar-refractivity contribution in [2.24, 2.45) is 0 Å². The summed E-state index contributed by atoms with van der Waals surface area (Å²) in [5.74, 6) is 0.197. The van der Waals surface area contributed by atoms with Crippen molar-refractivity contribution in [1.82, 2.24) is 4.90 Å². The van der Waals surface area contributed by atoms with Crippen molar-refractivity contribution in [2.45, 2.75) is 72.3 Å². The number of anilines is 1. The highest BCUT2D eigenvalue weighted by Gasteiger charge is 2.29. The van der Waals surface area contributed by atoms with Crippen LogP contribution < -0.4 is 4.90 Å². The smallest absolute Gasteiger partial charge is 0.410 e. The van der Waals surface area contributed by atoms with Crippen molar-refractivity contribution in [3.8, 4) is 0 Å². The number of fused-ring (bicyclic) bond motifs is 2. The second kappa shape index (κ2) is 7.53. The first-order valence-corrected chi connectivity index (χ1v) is 10.1. The Hall–Kier alpha value is -2.04. The molecule has 0 unspecified atom stereocenters. The van der Waals surface area contributed by atoms with E-state index in [2.05, 4.69) is 13.0 Å². The summed E-state index contributed by atoms with van der Waals surface area (Å²) >= 11 is 0. The number of benzene rings is 1. The summed E-state index contributed by atoms with van der Waals surface area (Å²) in [6, 6.07) is 2.28. The first-order valence-electron chi connectivity index (χ1n) is 10.1. The van der Waals surface area contributed by atoms with Gasteiger partial charge in [0.2, 0.25) is 5.91 Å². The van der Waals surface area contributed by atoms with Crippen molar-refractivity contribution in [1.29, 1.82) is 0 Å². The van der Waals surface area contributed by atoms with E-state index < -0.39 is 5.60 Å². The molecular formula is C22H32N2O3. The molecule has 2 aliphatic heterocycles. The molecule has 0 atom stereocenters. The molecular weight excluding hydrogens is 340 g/mol. The summed E-state index contributed by atoms with van der Waals surface area (Å²) in [5, 5.41) is 0. The minimum absolute atomic E-state index is 0.197. The van der Waals surface area contributed by atoms with Gasteiger partial charge in [-0.1, -0.05) is 13.0 Å². The Labute approximate surface area is 162 Å². The summed E-state index contributed by atoms with van der Waals surface area (Å²) in [5.41, 5.74) is 5.77. The molecule has 0 aliphatic carbocycles. The molecule has 5 nitrogen and oxygen atoms in total. The first kappa shape index (κ1) is 19.7. The van der Waals surface area contributed by atoms with Crippen LogP contribution >= 0.6 is 0 Å². The van der Waals surface area contributed by atoms with Gasteiger partial charge in [-0.3, -0.25) is 4.79 Å². The third-order valence-electron chi connectivity index (χ3n) is 5.48. The fraction of sp³-hybridized carbons (Fsp3) is 0.636. The number of ether oxygens (including phenoxy) is 1. The molecule has 0 fully saturated rings. The lowest BCUT2D eigenvalue weighted by molar-refractivity contribution is -0.118. The zero-order chi connectivity index (χ0) is 19.8. The Morgan fingerprint density at radius 1 is 1.07 bits per heavy atom. The van der Waals surface area contributed by atoms with Gasteiger partial charge in [0.25, 0.3) is 0 Å². The van der Waals surface area contributed by atoms with Crippen LogP contribution in [0.1, 0.15) is 62.8 Å². The number of rotatable bonds is 1. The molecule has 148 valence electrons. The zero-order valence-corrected chi connectivity index (χ0v) is 17.4. The van der Waals surface area contributed by atoms with Crippen LogP contribution in [0, 0.1) is 6.92 Å². The minimum Gasteiger partial charge on any atom is -0.444 e. The Kier molecular flexibility index (Phi) is 5.50. The normalized spacial score (nSPS) is 17.1. The molecule has 0 radical (unpaired) electrons. The van der Waals surface area contributed by atoms with E-state index in [9.17, 15) is 9.59 Å². The highest BCUT2D eigenvalue weighted by atomic mass is 16.6. The van der Waals surface area contributed by atoms with Gasteiger partial charge in [-0.15, -0.1) is 0 Å². The van der Waals surface area contributed by atoms with Crippen LogP contribution in [-0.2, 0) is 28.8 Å². The van der Waals surface area contributed by atoms with Gasteiger partial charge in [-0.05, 0) is 75.6 Å². The third-order valence-corrected chi connectivity index (χ3v) is 5.48. The maximum Gasteiger partial charge on any atom is 0.410 e. The van der Waals surface area contributed by atoms with Gasteiger partial charge >= 0.3 is 6.09 Å². The van der Waals surface area contributed by atoms with Crippen LogP contribution in [0.25, 0.3) is 0 Å². The van der Waals surface area contributed by atoms with E-state index in [0.29, 0.717) is 19.5 Å². The fourth-order valence-corrected chi connectivity index (χ4v) is 4.23. The van der Waals surface area contributed by atoms with Crippen molar-refractivity contribution < 1.29 is 14.3 Å². The molecule has 2 heterocycles. The van der Waals surface area contributed by atoms with Crippen LogP contribution in [-0.4, -0.2) is 42.1 Å². The lowest BCUT2D eigenvalue weighted by Gasteiger charge is -2.33. The molecule has 0 saturated heterocycles. The van der Waals surface area contributed by atoms with E-state index in [0.717, 1.165) is 37.9 Å². The largest absolute Gasteiger partial charge is 0.444 e. The summed E-state index contributed by atoms with van der Waals surface area (Å²) < 4.78 is 5.56. The molecule has 0 spiro atoms. The van der Waals surface area contributed by atoms with Gasteiger partial charge < -0.3 is 14.5 Å². The average Bonchev–Trinajstić information content (AvgIpc) is 2.82. The Morgan fingerprint density at radius 3 is 2.44 bits per heavy atom. The number of aryl methyl sites for hydroxylation is 1. The molecule has 5 heteroatoms. The molecule has 3 rings (SSSR count). The monoisotopic (exact) mass is 372 g/mol. The maximum atomic E-state index is 12.5. The first-order chi connectivity index (χ1) is 12.7. The second-order valence-electron chi connectivity index (χ2n) is 8.62. The number of hydrogen-bond donors (Lipinski definition) is 0. The Bertz CT molecular complexity index is 749. The maximum absolute atomic E-state index is 12.5. The third kappa shape index (κ3) is 4.12.